The van der Waals surface area contributed by atoms with Crippen LogP contribution in [0.5, 0.6) is 11.5 Å². The van der Waals surface area contributed by atoms with Gasteiger partial charge in [0.05, 0.1) is 20.4 Å². The van der Waals surface area contributed by atoms with Crippen LogP contribution in [0.4, 0.5) is 11.9 Å². The second-order valence-corrected chi connectivity index (χ2v) is 4.10. The Labute approximate surface area is 125 Å². The molecule has 1 aromatic heterocycles. The first-order valence-electron chi connectivity index (χ1n) is 6.11. The van der Waals surface area contributed by atoms with Crippen LogP contribution in [0.3, 0.4) is 0 Å². The Kier molecular flexibility index (Phi) is 4.51. The highest BCUT2D eigenvalue weighted by molar-refractivity contribution is 5.81. The molecule has 0 amide bonds. The molecule has 116 valence electrons. The van der Waals surface area contributed by atoms with E-state index in [1.165, 1.54) is 25.1 Å². The lowest BCUT2D eigenvalue weighted by molar-refractivity contribution is -0.394. The largest absolute Gasteiger partial charge is 0.493 e. The molecule has 0 aliphatic heterocycles. The zero-order chi connectivity index (χ0) is 16.1. The van der Waals surface area contributed by atoms with E-state index in [-0.39, 0.29) is 5.95 Å². The summed E-state index contributed by atoms with van der Waals surface area (Å²) in [5, 5.41) is 18.1. The quantitative estimate of drug-likeness (QED) is 0.484. The molecule has 0 unspecified atom stereocenters. The van der Waals surface area contributed by atoms with E-state index in [0.29, 0.717) is 11.5 Å². The summed E-state index contributed by atoms with van der Waals surface area (Å²) >= 11 is 0. The van der Waals surface area contributed by atoms with Crippen molar-refractivity contribution in [1.82, 2.24) is 14.8 Å². The number of hydrogen-bond donors (Lipinski definition) is 1. The summed E-state index contributed by atoms with van der Waals surface area (Å²) in [6.07, 6.45) is 1.52. The van der Waals surface area contributed by atoms with Gasteiger partial charge >= 0.3 is 11.9 Å². The van der Waals surface area contributed by atoms with Crippen LogP contribution in [0.15, 0.2) is 23.3 Å². The predicted molar refractivity (Wildman–Crippen MR) is 78.4 cm³/mol. The fourth-order valence-corrected chi connectivity index (χ4v) is 1.64. The van der Waals surface area contributed by atoms with Crippen LogP contribution in [0.2, 0.25) is 0 Å². The third kappa shape index (κ3) is 3.29. The van der Waals surface area contributed by atoms with Crippen LogP contribution in [0.25, 0.3) is 0 Å². The Morgan fingerprint density at radius 3 is 2.68 bits per heavy atom. The van der Waals surface area contributed by atoms with Gasteiger partial charge < -0.3 is 19.6 Å². The van der Waals surface area contributed by atoms with Gasteiger partial charge in [-0.2, -0.15) is 9.78 Å². The van der Waals surface area contributed by atoms with Gasteiger partial charge in [0.2, 0.25) is 0 Å². The molecule has 0 saturated carbocycles. The zero-order valence-electron chi connectivity index (χ0n) is 12.2. The molecule has 0 aliphatic rings. The summed E-state index contributed by atoms with van der Waals surface area (Å²) in [6.45, 7) is 0. The highest BCUT2D eigenvalue weighted by Crippen LogP contribution is 2.26. The van der Waals surface area contributed by atoms with Gasteiger partial charge in [0.15, 0.2) is 11.5 Å². The molecule has 10 heteroatoms. The third-order valence-corrected chi connectivity index (χ3v) is 2.70. The smallest absolute Gasteiger partial charge is 0.493 e. The molecule has 1 heterocycles. The Morgan fingerprint density at radius 2 is 2.09 bits per heavy atom. The van der Waals surface area contributed by atoms with Crippen molar-refractivity contribution in [3.8, 4) is 11.5 Å². The highest BCUT2D eigenvalue weighted by Gasteiger charge is 2.18. The summed E-state index contributed by atoms with van der Waals surface area (Å²) in [5.74, 6) is 0.840. The van der Waals surface area contributed by atoms with Gasteiger partial charge in [-0.05, 0) is 33.7 Å². The lowest BCUT2D eigenvalue weighted by atomic mass is 10.2. The van der Waals surface area contributed by atoms with Gasteiger partial charge in [0, 0.05) is 12.1 Å². The molecule has 0 radical (unpaired) electrons. The summed E-state index contributed by atoms with van der Waals surface area (Å²) in [4.78, 5) is 13.6. The van der Waals surface area contributed by atoms with Crippen LogP contribution < -0.4 is 14.9 Å². The summed E-state index contributed by atoms with van der Waals surface area (Å²) in [6, 6.07) is 5.27. The van der Waals surface area contributed by atoms with Crippen LogP contribution in [0.1, 0.15) is 5.56 Å². The van der Waals surface area contributed by atoms with Crippen molar-refractivity contribution in [1.29, 1.82) is 0 Å². The molecule has 0 atom stereocenters. The Hall–Kier alpha value is -3.17. The van der Waals surface area contributed by atoms with E-state index in [0.717, 1.165) is 5.56 Å². The molecule has 0 saturated heterocycles. The van der Waals surface area contributed by atoms with E-state index >= 15 is 0 Å². The number of aromatic nitrogens is 3. The molecule has 1 aromatic carbocycles. The Bertz CT molecular complexity index is 712. The SMILES string of the molecule is COc1ccc(/C=N/Nc2nc([N+](=O)[O-])nn2C)cc1OC. The third-order valence-electron chi connectivity index (χ3n) is 2.70. The van der Waals surface area contributed by atoms with E-state index in [9.17, 15) is 10.1 Å². The fraction of sp³-hybridized carbons (Fsp3) is 0.250. The van der Waals surface area contributed by atoms with Crippen LogP contribution in [-0.4, -0.2) is 40.1 Å². The van der Waals surface area contributed by atoms with Crippen molar-refractivity contribution in [3.05, 3.63) is 33.9 Å². The first-order valence-corrected chi connectivity index (χ1v) is 6.11. The fourth-order valence-electron chi connectivity index (χ4n) is 1.64. The van der Waals surface area contributed by atoms with Crippen molar-refractivity contribution in [2.24, 2.45) is 12.1 Å². The minimum Gasteiger partial charge on any atom is -0.493 e. The number of nitrogens with one attached hydrogen (secondary N) is 1. The number of hydrazone groups is 1. The molecule has 0 fully saturated rings. The van der Waals surface area contributed by atoms with Gasteiger partial charge in [0.25, 0.3) is 0 Å². The topological polar surface area (TPSA) is 117 Å². The molecule has 22 heavy (non-hydrogen) atoms. The van der Waals surface area contributed by atoms with Gasteiger partial charge in [0.1, 0.15) is 0 Å². The highest BCUT2D eigenvalue weighted by atomic mass is 16.6. The van der Waals surface area contributed by atoms with Crippen molar-refractivity contribution < 1.29 is 14.4 Å². The number of nitrogens with zero attached hydrogens (tertiary/aromatic N) is 5. The standard InChI is InChI=1S/C12H14N6O4/c1-17-11(14-12(16-17)18(19)20)15-13-7-8-4-5-9(21-2)10(6-8)22-3/h4-7H,1-3H3,(H,14,15,16)/b13-7+. The number of hydrogen-bond acceptors (Lipinski definition) is 8. The normalized spacial score (nSPS) is 10.7. The Morgan fingerprint density at radius 1 is 1.36 bits per heavy atom. The number of anilines is 1. The zero-order valence-corrected chi connectivity index (χ0v) is 12.2. The summed E-state index contributed by atoms with van der Waals surface area (Å²) in [7, 11) is 4.61. The molecular weight excluding hydrogens is 292 g/mol. The minimum atomic E-state index is -0.677. The van der Waals surface area contributed by atoms with E-state index in [1.54, 1.807) is 25.3 Å². The summed E-state index contributed by atoms with van der Waals surface area (Å²) in [5.41, 5.74) is 3.34. The summed E-state index contributed by atoms with van der Waals surface area (Å²) < 4.78 is 11.5. The van der Waals surface area contributed by atoms with Crippen LogP contribution >= 0.6 is 0 Å². The van der Waals surface area contributed by atoms with E-state index in [2.05, 4.69) is 20.6 Å². The van der Waals surface area contributed by atoms with Gasteiger partial charge in [-0.3, -0.25) is 0 Å². The minimum absolute atomic E-state index is 0.156. The molecule has 10 nitrogen and oxygen atoms in total. The van der Waals surface area contributed by atoms with E-state index < -0.39 is 10.9 Å². The molecule has 0 bridgehead atoms. The van der Waals surface area contributed by atoms with Crippen molar-refractivity contribution >= 4 is 18.1 Å². The van der Waals surface area contributed by atoms with Crippen molar-refractivity contribution in [2.75, 3.05) is 19.6 Å². The van der Waals surface area contributed by atoms with Crippen molar-refractivity contribution in [3.63, 3.8) is 0 Å². The molecule has 1 N–H and O–H groups in total. The first-order chi connectivity index (χ1) is 10.5. The second kappa shape index (κ2) is 6.52. The average Bonchev–Trinajstić information content (AvgIpc) is 2.88. The van der Waals surface area contributed by atoms with Crippen LogP contribution in [0, 0.1) is 10.1 Å². The number of rotatable bonds is 6. The predicted octanol–water partition coefficient (Wildman–Crippen LogP) is 1.19. The average molecular weight is 306 g/mol. The number of methoxy groups -OCH3 is 2. The number of ether oxygens (including phenoxy) is 2. The Balaban J connectivity index is 2.11. The van der Waals surface area contributed by atoms with Crippen molar-refractivity contribution in [2.45, 2.75) is 0 Å². The van der Waals surface area contributed by atoms with E-state index in [4.69, 9.17) is 9.47 Å². The first kappa shape index (κ1) is 15.2. The van der Waals surface area contributed by atoms with Gasteiger partial charge in [-0.1, -0.05) is 0 Å². The number of benzene rings is 1. The number of nitro groups is 1. The maximum Gasteiger partial charge on any atom is 0.493 e. The molecule has 2 rings (SSSR count). The maximum absolute atomic E-state index is 10.6. The van der Waals surface area contributed by atoms with Crippen LogP contribution in [-0.2, 0) is 7.05 Å². The lowest BCUT2D eigenvalue weighted by Gasteiger charge is -2.07. The molecular formula is C12H14N6O4. The molecule has 0 spiro atoms. The monoisotopic (exact) mass is 306 g/mol. The van der Waals surface area contributed by atoms with Gasteiger partial charge in [-0.15, -0.1) is 0 Å². The van der Waals surface area contributed by atoms with E-state index in [1.807, 2.05) is 0 Å². The van der Waals surface area contributed by atoms with Gasteiger partial charge in [-0.25, -0.2) is 5.43 Å². The molecule has 0 aliphatic carbocycles. The second-order valence-electron chi connectivity index (χ2n) is 4.10. The lowest BCUT2D eigenvalue weighted by Crippen LogP contribution is -2.00. The maximum atomic E-state index is 10.6. The molecule has 2 aromatic rings. The number of aryl methyl sites for hydroxylation is 1.